The Hall–Kier alpha value is -2.31. The van der Waals surface area contributed by atoms with Crippen LogP contribution in [0.1, 0.15) is 37.6 Å². The van der Waals surface area contributed by atoms with Crippen molar-refractivity contribution < 1.29 is 9.53 Å². The molecule has 7 nitrogen and oxygen atoms in total. The highest BCUT2D eigenvalue weighted by molar-refractivity contribution is 5.96. The van der Waals surface area contributed by atoms with Gasteiger partial charge in [-0.05, 0) is 5.41 Å². The lowest BCUT2D eigenvalue weighted by molar-refractivity contribution is 0.0886. The summed E-state index contributed by atoms with van der Waals surface area (Å²) in [6.45, 7) is 8.42. The van der Waals surface area contributed by atoms with Crippen LogP contribution in [0.25, 0.3) is 0 Å². The fourth-order valence-electron chi connectivity index (χ4n) is 2.60. The zero-order valence-corrected chi connectivity index (χ0v) is 13.8. The van der Waals surface area contributed by atoms with E-state index in [1.54, 1.807) is 23.4 Å². The van der Waals surface area contributed by atoms with Crippen LogP contribution in [0.3, 0.4) is 0 Å². The first kappa shape index (κ1) is 15.6. The summed E-state index contributed by atoms with van der Waals surface area (Å²) in [6, 6.07) is -0.0386. The molecule has 0 fully saturated rings. The maximum atomic E-state index is 12.7. The number of imidazole rings is 1. The van der Waals surface area contributed by atoms with E-state index in [-0.39, 0.29) is 17.4 Å². The number of nitrogens with one attached hydrogen (secondary N) is 1. The van der Waals surface area contributed by atoms with Gasteiger partial charge in [-0.15, -0.1) is 0 Å². The predicted molar refractivity (Wildman–Crippen MR) is 85.3 cm³/mol. The van der Waals surface area contributed by atoms with Crippen molar-refractivity contribution in [1.29, 1.82) is 0 Å². The summed E-state index contributed by atoms with van der Waals surface area (Å²) in [6.07, 6.45) is 7.91. The molecule has 124 valence electrons. The Balaban J connectivity index is 1.77. The molecule has 1 amide bonds. The molecule has 23 heavy (non-hydrogen) atoms. The first-order chi connectivity index (χ1) is 10.9. The predicted octanol–water partition coefficient (Wildman–Crippen LogP) is 1.71. The number of carbonyl (C=O) groups is 1. The molecule has 7 heteroatoms. The zero-order chi connectivity index (χ0) is 16.4. The van der Waals surface area contributed by atoms with Gasteiger partial charge in [-0.2, -0.15) is 5.10 Å². The lowest BCUT2D eigenvalue weighted by Crippen LogP contribution is -2.46. The number of fused-ring (bicyclic) bond motifs is 1. The van der Waals surface area contributed by atoms with E-state index in [0.717, 1.165) is 13.0 Å². The highest BCUT2D eigenvalue weighted by Gasteiger charge is 2.29. The zero-order valence-electron chi connectivity index (χ0n) is 13.8. The molecule has 0 aliphatic carbocycles. The van der Waals surface area contributed by atoms with E-state index in [9.17, 15) is 4.79 Å². The minimum Gasteiger partial charge on any atom is -0.477 e. The van der Waals surface area contributed by atoms with E-state index in [4.69, 9.17) is 4.74 Å². The van der Waals surface area contributed by atoms with Crippen LogP contribution in [0.5, 0.6) is 5.88 Å². The van der Waals surface area contributed by atoms with Gasteiger partial charge in [0, 0.05) is 31.9 Å². The van der Waals surface area contributed by atoms with Crippen molar-refractivity contribution in [1.82, 2.24) is 24.6 Å². The van der Waals surface area contributed by atoms with Crippen LogP contribution in [0, 0.1) is 5.41 Å². The maximum Gasteiger partial charge on any atom is 0.258 e. The van der Waals surface area contributed by atoms with Gasteiger partial charge in [0.2, 0.25) is 5.88 Å². The van der Waals surface area contributed by atoms with Crippen molar-refractivity contribution in [2.24, 2.45) is 5.41 Å². The van der Waals surface area contributed by atoms with Crippen molar-refractivity contribution in [3.05, 3.63) is 30.5 Å². The molecule has 0 aromatic carbocycles. The van der Waals surface area contributed by atoms with Crippen molar-refractivity contribution in [2.45, 2.75) is 46.3 Å². The van der Waals surface area contributed by atoms with Crippen LogP contribution < -0.4 is 10.1 Å². The van der Waals surface area contributed by atoms with Gasteiger partial charge >= 0.3 is 0 Å². The number of rotatable bonds is 4. The van der Waals surface area contributed by atoms with Crippen LogP contribution in [-0.4, -0.2) is 37.9 Å². The number of ether oxygens (including phenoxy) is 1. The SMILES string of the molecule is CC(C)(C)C(Cn1ccnc1)NC(=O)c1cnn2c1OCCC2. The van der Waals surface area contributed by atoms with Gasteiger partial charge in [-0.3, -0.25) is 4.79 Å². The Labute approximate surface area is 135 Å². The van der Waals surface area contributed by atoms with Gasteiger partial charge in [-0.25, -0.2) is 9.67 Å². The Morgan fingerprint density at radius 1 is 1.48 bits per heavy atom. The molecule has 0 bridgehead atoms. The lowest BCUT2D eigenvalue weighted by atomic mass is 9.86. The van der Waals surface area contributed by atoms with Gasteiger partial charge in [-0.1, -0.05) is 20.8 Å². The van der Waals surface area contributed by atoms with Gasteiger partial charge in [0.15, 0.2) is 0 Å². The molecule has 1 aliphatic heterocycles. The second-order valence-electron chi connectivity index (χ2n) is 6.94. The average Bonchev–Trinajstić information content (AvgIpc) is 3.14. The van der Waals surface area contributed by atoms with E-state index in [1.165, 1.54) is 0 Å². The topological polar surface area (TPSA) is 74.0 Å². The summed E-state index contributed by atoms with van der Waals surface area (Å²) in [5.74, 6) is 0.428. The Kier molecular flexibility index (Phi) is 4.11. The maximum absolute atomic E-state index is 12.7. The highest BCUT2D eigenvalue weighted by Crippen LogP contribution is 2.25. The van der Waals surface area contributed by atoms with E-state index < -0.39 is 0 Å². The van der Waals surface area contributed by atoms with Crippen molar-refractivity contribution >= 4 is 5.91 Å². The third-order valence-corrected chi connectivity index (χ3v) is 4.09. The summed E-state index contributed by atoms with van der Waals surface area (Å²) < 4.78 is 9.34. The molecule has 2 aromatic rings. The number of hydrogen-bond donors (Lipinski definition) is 1. The number of carbonyl (C=O) groups excluding carboxylic acids is 1. The molecular weight excluding hydrogens is 294 g/mol. The molecule has 0 spiro atoms. The van der Waals surface area contributed by atoms with Gasteiger partial charge in [0.25, 0.3) is 5.91 Å². The third-order valence-electron chi connectivity index (χ3n) is 4.09. The number of hydrogen-bond acceptors (Lipinski definition) is 4. The summed E-state index contributed by atoms with van der Waals surface area (Å²) in [5, 5.41) is 7.37. The number of nitrogens with zero attached hydrogens (tertiary/aromatic N) is 4. The largest absolute Gasteiger partial charge is 0.477 e. The number of aryl methyl sites for hydroxylation is 1. The lowest BCUT2D eigenvalue weighted by Gasteiger charge is -2.31. The molecule has 1 N–H and O–H groups in total. The Morgan fingerprint density at radius 3 is 3.00 bits per heavy atom. The van der Waals surface area contributed by atoms with Gasteiger partial charge in [0.1, 0.15) is 5.56 Å². The summed E-state index contributed by atoms with van der Waals surface area (Å²) in [7, 11) is 0. The smallest absolute Gasteiger partial charge is 0.258 e. The Bertz CT molecular complexity index is 669. The van der Waals surface area contributed by atoms with Crippen LogP contribution >= 0.6 is 0 Å². The van der Waals surface area contributed by atoms with Crippen LogP contribution in [-0.2, 0) is 13.1 Å². The number of amides is 1. The van der Waals surface area contributed by atoms with Gasteiger partial charge in [0.05, 0.1) is 25.2 Å². The fraction of sp³-hybridized carbons (Fsp3) is 0.562. The van der Waals surface area contributed by atoms with Crippen molar-refractivity contribution in [2.75, 3.05) is 6.61 Å². The minimum absolute atomic E-state index is 0.0386. The summed E-state index contributed by atoms with van der Waals surface area (Å²) >= 11 is 0. The molecule has 0 radical (unpaired) electrons. The van der Waals surface area contributed by atoms with E-state index >= 15 is 0 Å². The minimum atomic E-state index is -0.145. The molecule has 2 aromatic heterocycles. The Morgan fingerprint density at radius 2 is 2.30 bits per heavy atom. The van der Waals surface area contributed by atoms with E-state index in [2.05, 4.69) is 36.2 Å². The van der Waals surface area contributed by atoms with Crippen molar-refractivity contribution in [3.63, 3.8) is 0 Å². The first-order valence-electron chi connectivity index (χ1n) is 7.90. The van der Waals surface area contributed by atoms with Gasteiger partial charge < -0.3 is 14.6 Å². The average molecular weight is 317 g/mol. The second kappa shape index (κ2) is 6.06. The normalized spacial score (nSPS) is 15.6. The summed E-state index contributed by atoms with van der Waals surface area (Å²) in [4.78, 5) is 16.8. The first-order valence-corrected chi connectivity index (χ1v) is 7.90. The molecule has 1 atom stereocenters. The number of aromatic nitrogens is 4. The molecule has 0 saturated carbocycles. The quantitative estimate of drug-likeness (QED) is 0.931. The molecule has 3 heterocycles. The third kappa shape index (κ3) is 3.38. The molecule has 0 saturated heterocycles. The highest BCUT2D eigenvalue weighted by atomic mass is 16.5. The van der Waals surface area contributed by atoms with E-state index in [0.29, 0.717) is 24.6 Å². The molecule has 3 rings (SSSR count). The van der Waals surface area contributed by atoms with Crippen molar-refractivity contribution in [3.8, 4) is 5.88 Å². The van der Waals surface area contributed by atoms with E-state index in [1.807, 2.05) is 10.8 Å². The molecule has 1 aliphatic rings. The second-order valence-corrected chi connectivity index (χ2v) is 6.94. The monoisotopic (exact) mass is 317 g/mol. The van der Waals surface area contributed by atoms with Crippen LogP contribution in [0.4, 0.5) is 0 Å². The molecule has 1 unspecified atom stereocenters. The summed E-state index contributed by atoms with van der Waals surface area (Å²) in [5.41, 5.74) is 0.415. The fourth-order valence-corrected chi connectivity index (χ4v) is 2.60. The standard InChI is InChI=1S/C16H23N5O2/c1-16(2,3)13(10-20-7-5-17-11-20)19-14(22)12-9-18-21-6-4-8-23-15(12)21/h5,7,9,11,13H,4,6,8,10H2,1-3H3,(H,19,22). The van der Waals surface area contributed by atoms with Crippen LogP contribution in [0.15, 0.2) is 24.9 Å². The molecular formula is C16H23N5O2. The van der Waals surface area contributed by atoms with Crippen LogP contribution in [0.2, 0.25) is 0 Å².